The highest BCUT2D eigenvalue weighted by molar-refractivity contribution is 5.86. The minimum atomic E-state index is 0.0967. The van der Waals surface area contributed by atoms with E-state index in [1.807, 2.05) is 12.1 Å². The van der Waals surface area contributed by atoms with Crippen molar-refractivity contribution in [2.75, 3.05) is 10.6 Å². The summed E-state index contributed by atoms with van der Waals surface area (Å²) in [5.41, 5.74) is 11.6. The van der Waals surface area contributed by atoms with Gasteiger partial charge in [0, 0.05) is 29.8 Å². The Morgan fingerprint density at radius 3 is 2.29 bits per heavy atom. The average Bonchev–Trinajstić information content (AvgIpc) is 2.54. The molecule has 2 N–H and O–H groups in total. The van der Waals surface area contributed by atoms with E-state index in [-0.39, 0.29) is 12.0 Å². The number of nitrogens with two attached hydrogens (primary N) is 1. The molecule has 0 aromatic heterocycles. The van der Waals surface area contributed by atoms with Gasteiger partial charge in [-0.2, -0.15) is 0 Å². The average molecular weight is 320 g/mol. The lowest BCUT2D eigenvalue weighted by Crippen LogP contribution is -2.54. The molecule has 24 heavy (non-hydrogen) atoms. The third-order valence-corrected chi connectivity index (χ3v) is 5.52. The quantitative estimate of drug-likeness (QED) is 0.844. The van der Waals surface area contributed by atoms with Crippen molar-refractivity contribution in [3.8, 4) is 0 Å². The van der Waals surface area contributed by atoms with Crippen molar-refractivity contribution in [1.29, 1.82) is 0 Å². The molecule has 3 aliphatic rings. The number of fused-ring (bicyclic) bond motifs is 3. The first-order valence-electron chi connectivity index (χ1n) is 8.78. The third-order valence-electron chi connectivity index (χ3n) is 5.52. The summed E-state index contributed by atoms with van der Waals surface area (Å²) in [6, 6.07) is 15.2. The van der Waals surface area contributed by atoms with Crippen LogP contribution in [-0.2, 0) is 4.79 Å². The summed E-state index contributed by atoms with van der Waals surface area (Å²) in [4.78, 5) is 15.1. The minimum Gasteiger partial charge on any atom is -0.399 e. The van der Waals surface area contributed by atoms with Crippen LogP contribution in [0.3, 0.4) is 0 Å². The number of Topliss-reactive ketones (excluding diaryl/α,β-unsaturated/α-hetero) is 1. The summed E-state index contributed by atoms with van der Waals surface area (Å²) < 4.78 is 0. The molecule has 0 amide bonds. The Kier molecular flexibility index (Phi) is 3.60. The van der Waals surface area contributed by atoms with Crippen LogP contribution >= 0.6 is 0 Å². The van der Waals surface area contributed by atoms with Crippen molar-refractivity contribution >= 4 is 17.2 Å². The standard InChI is InChI=1S/C21H24N2O/c1-13-9-14(2)11-18(10-13)23-17-7-8-19(20(24)12-17)21(23)15-3-5-16(22)6-4-15/h3-6,9-11,17,19,21H,7-8,12,22H2,1-2H3. The smallest absolute Gasteiger partial charge is 0.140 e. The van der Waals surface area contributed by atoms with Crippen molar-refractivity contribution in [3.63, 3.8) is 0 Å². The second-order valence-corrected chi connectivity index (χ2v) is 7.37. The fourth-order valence-electron chi connectivity index (χ4n) is 4.57. The molecule has 1 aliphatic carbocycles. The van der Waals surface area contributed by atoms with E-state index < -0.39 is 0 Å². The molecular formula is C21H24N2O. The number of anilines is 2. The largest absolute Gasteiger partial charge is 0.399 e. The molecule has 3 unspecified atom stereocenters. The van der Waals surface area contributed by atoms with Crippen LogP contribution < -0.4 is 10.6 Å². The van der Waals surface area contributed by atoms with Gasteiger partial charge in [0.15, 0.2) is 0 Å². The topological polar surface area (TPSA) is 46.3 Å². The van der Waals surface area contributed by atoms with E-state index in [0.717, 1.165) is 18.5 Å². The number of ketones is 1. The zero-order valence-electron chi connectivity index (χ0n) is 14.3. The van der Waals surface area contributed by atoms with E-state index in [0.29, 0.717) is 18.2 Å². The molecule has 124 valence electrons. The monoisotopic (exact) mass is 320 g/mol. The number of benzene rings is 2. The van der Waals surface area contributed by atoms with Gasteiger partial charge in [0.25, 0.3) is 0 Å². The van der Waals surface area contributed by atoms with Gasteiger partial charge in [-0.05, 0) is 67.6 Å². The van der Waals surface area contributed by atoms with Crippen molar-refractivity contribution < 1.29 is 4.79 Å². The fraction of sp³-hybridized carbons (Fsp3) is 0.381. The molecule has 3 fully saturated rings. The second kappa shape index (κ2) is 5.66. The Balaban J connectivity index is 1.82. The zero-order valence-corrected chi connectivity index (χ0v) is 14.3. The SMILES string of the molecule is Cc1cc(C)cc(N2C3CCC(C(=O)C3)C2c2ccc(N)cc2)c1. The van der Waals surface area contributed by atoms with Crippen molar-refractivity contribution in [1.82, 2.24) is 0 Å². The predicted octanol–water partition coefficient (Wildman–Crippen LogP) is 4.18. The predicted molar refractivity (Wildman–Crippen MR) is 98.1 cm³/mol. The molecule has 2 bridgehead atoms. The van der Waals surface area contributed by atoms with Crippen molar-refractivity contribution in [2.24, 2.45) is 5.92 Å². The molecule has 2 heterocycles. The summed E-state index contributed by atoms with van der Waals surface area (Å²) >= 11 is 0. The normalized spacial score (nSPS) is 26.0. The summed E-state index contributed by atoms with van der Waals surface area (Å²) in [6.45, 7) is 4.28. The van der Waals surface area contributed by atoms with Gasteiger partial charge in [-0.15, -0.1) is 0 Å². The number of aryl methyl sites for hydroxylation is 2. The van der Waals surface area contributed by atoms with Crippen molar-refractivity contribution in [2.45, 2.75) is 45.2 Å². The van der Waals surface area contributed by atoms with Gasteiger partial charge in [-0.3, -0.25) is 4.79 Å². The van der Waals surface area contributed by atoms with E-state index in [4.69, 9.17) is 5.73 Å². The summed E-state index contributed by atoms with van der Waals surface area (Å²) in [6.07, 6.45) is 2.79. The highest BCUT2D eigenvalue weighted by Crippen LogP contribution is 2.48. The Hall–Kier alpha value is -2.29. The maximum absolute atomic E-state index is 12.6. The van der Waals surface area contributed by atoms with Crippen LogP contribution in [0.5, 0.6) is 0 Å². The molecule has 0 radical (unpaired) electrons. The Morgan fingerprint density at radius 1 is 1.00 bits per heavy atom. The molecular weight excluding hydrogens is 296 g/mol. The van der Waals surface area contributed by atoms with Gasteiger partial charge in [-0.1, -0.05) is 18.2 Å². The highest BCUT2D eigenvalue weighted by atomic mass is 16.1. The molecule has 5 rings (SSSR count). The fourth-order valence-corrected chi connectivity index (χ4v) is 4.57. The van der Waals surface area contributed by atoms with Crippen LogP contribution in [0.15, 0.2) is 42.5 Å². The van der Waals surface area contributed by atoms with Crippen LogP contribution in [0, 0.1) is 19.8 Å². The lowest BCUT2D eigenvalue weighted by Gasteiger charge is -2.52. The van der Waals surface area contributed by atoms with Gasteiger partial charge in [0.1, 0.15) is 5.78 Å². The van der Waals surface area contributed by atoms with E-state index in [9.17, 15) is 4.79 Å². The molecule has 3 heteroatoms. The summed E-state index contributed by atoms with van der Waals surface area (Å²) in [7, 11) is 0. The number of hydrogen-bond donors (Lipinski definition) is 1. The number of carbonyl (C=O) groups is 1. The van der Waals surface area contributed by atoms with Crippen LogP contribution in [0.4, 0.5) is 11.4 Å². The molecule has 3 atom stereocenters. The van der Waals surface area contributed by atoms with Gasteiger partial charge in [-0.25, -0.2) is 0 Å². The summed E-state index contributed by atoms with van der Waals surface area (Å²) in [5, 5.41) is 0. The van der Waals surface area contributed by atoms with Gasteiger partial charge < -0.3 is 10.6 Å². The van der Waals surface area contributed by atoms with E-state index in [1.165, 1.54) is 22.4 Å². The number of carbonyl (C=O) groups excluding carboxylic acids is 1. The molecule has 2 aromatic rings. The number of nitrogens with zero attached hydrogens (tertiary/aromatic N) is 1. The van der Waals surface area contributed by atoms with Crippen molar-refractivity contribution in [3.05, 3.63) is 59.2 Å². The Morgan fingerprint density at radius 2 is 1.67 bits per heavy atom. The van der Waals surface area contributed by atoms with E-state index in [1.54, 1.807) is 0 Å². The molecule has 2 aromatic carbocycles. The minimum absolute atomic E-state index is 0.0967. The molecule has 2 aliphatic heterocycles. The van der Waals surface area contributed by atoms with E-state index >= 15 is 0 Å². The molecule has 0 spiro atoms. The van der Waals surface area contributed by atoms with Gasteiger partial charge in [0.2, 0.25) is 0 Å². The first kappa shape index (κ1) is 15.3. The third kappa shape index (κ3) is 2.48. The molecule has 3 nitrogen and oxygen atoms in total. The molecule has 1 saturated carbocycles. The second-order valence-electron chi connectivity index (χ2n) is 7.37. The summed E-state index contributed by atoms with van der Waals surface area (Å²) in [5.74, 6) is 0.521. The Bertz CT molecular complexity index is 761. The first-order valence-corrected chi connectivity index (χ1v) is 8.78. The van der Waals surface area contributed by atoms with Crippen LogP contribution in [0.2, 0.25) is 0 Å². The van der Waals surface area contributed by atoms with Crippen LogP contribution in [0.25, 0.3) is 0 Å². The van der Waals surface area contributed by atoms with Gasteiger partial charge in [0.05, 0.1) is 6.04 Å². The van der Waals surface area contributed by atoms with Crippen LogP contribution in [0.1, 0.15) is 42.0 Å². The number of hydrogen-bond acceptors (Lipinski definition) is 3. The maximum atomic E-state index is 12.6. The van der Waals surface area contributed by atoms with Crippen LogP contribution in [-0.4, -0.2) is 11.8 Å². The first-order chi connectivity index (χ1) is 11.5. The Labute approximate surface area is 143 Å². The maximum Gasteiger partial charge on any atom is 0.140 e. The molecule has 2 saturated heterocycles. The van der Waals surface area contributed by atoms with Gasteiger partial charge >= 0.3 is 0 Å². The number of rotatable bonds is 2. The number of nitrogen functional groups attached to an aromatic ring is 1. The lowest BCUT2D eigenvalue weighted by atomic mass is 9.71. The lowest BCUT2D eigenvalue weighted by molar-refractivity contribution is -0.128. The zero-order chi connectivity index (χ0) is 16.8. The highest BCUT2D eigenvalue weighted by Gasteiger charge is 2.47. The van der Waals surface area contributed by atoms with E-state index in [2.05, 4.69) is 49.1 Å². The number of piperidine rings is 2.